The Morgan fingerprint density at radius 3 is 2.67 bits per heavy atom. The minimum atomic E-state index is -0.389. The Kier molecular flexibility index (Phi) is 4.79. The summed E-state index contributed by atoms with van der Waals surface area (Å²) in [5.74, 6) is 0. The molecule has 3 nitrogen and oxygen atoms in total. The van der Waals surface area contributed by atoms with Gasteiger partial charge in [-0.25, -0.2) is 0 Å². The lowest BCUT2D eigenvalue weighted by Gasteiger charge is -2.25. The van der Waals surface area contributed by atoms with E-state index in [1.165, 1.54) is 0 Å². The molecule has 0 aromatic heterocycles. The van der Waals surface area contributed by atoms with Gasteiger partial charge in [-0.2, -0.15) is 0 Å². The van der Waals surface area contributed by atoms with Crippen molar-refractivity contribution in [3.8, 4) is 0 Å². The van der Waals surface area contributed by atoms with Crippen molar-refractivity contribution in [2.24, 2.45) is 0 Å². The van der Waals surface area contributed by atoms with Gasteiger partial charge in [-0.3, -0.25) is 0 Å². The molecule has 1 aromatic carbocycles. The second-order valence-corrected chi connectivity index (χ2v) is 5.37. The third kappa shape index (κ3) is 3.12. The lowest BCUT2D eigenvalue weighted by atomic mass is 9.85. The van der Waals surface area contributed by atoms with Gasteiger partial charge in [0.05, 0.1) is 15.7 Å². The molecular formula is C12H17BCl2N2O. The first-order valence-electron chi connectivity index (χ1n) is 6.20. The van der Waals surface area contributed by atoms with Gasteiger partial charge in [0.25, 0.3) is 0 Å². The van der Waals surface area contributed by atoms with E-state index in [0.29, 0.717) is 10.0 Å². The van der Waals surface area contributed by atoms with Crippen molar-refractivity contribution in [2.45, 2.75) is 13.2 Å². The first kappa shape index (κ1) is 14.0. The van der Waals surface area contributed by atoms with Crippen LogP contribution in [-0.2, 0) is 0 Å². The van der Waals surface area contributed by atoms with Crippen LogP contribution in [0.2, 0.25) is 16.9 Å². The molecule has 0 unspecified atom stereocenters. The lowest BCUT2D eigenvalue weighted by Crippen LogP contribution is -2.39. The molecule has 1 aliphatic heterocycles. The second kappa shape index (κ2) is 6.15. The molecule has 1 saturated heterocycles. The van der Waals surface area contributed by atoms with E-state index in [2.05, 4.69) is 9.71 Å². The minimum absolute atomic E-state index is 0.389. The Balaban J connectivity index is 2.12. The summed E-state index contributed by atoms with van der Waals surface area (Å²) >= 11 is 12.3. The van der Waals surface area contributed by atoms with Gasteiger partial charge in [0.15, 0.2) is 0 Å². The van der Waals surface area contributed by atoms with Crippen molar-refractivity contribution < 1.29 is 5.02 Å². The highest BCUT2D eigenvalue weighted by Gasteiger charge is 2.21. The van der Waals surface area contributed by atoms with Gasteiger partial charge >= 0.3 is 7.05 Å². The number of rotatable bonds is 2. The Hall–Kier alpha value is -0.415. The summed E-state index contributed by atoms with van der Waals surface area (Å²) in [4.78, 5) is 4.30. The molecule has 0 amide bonds. The number of anilines is 1. The van der Waals surface area contributed by atoms with Crippen LogP contribution in [0, 0.1) is 0 Å². The van der Waals surface area contributed by atoms with Gasteiger partial charge in [0.1, 0.15) is 0 Å². The maximum Gasteiger partial charge on any atom is 0.376 e. The first-order chi connectivity index (χ1) is 8.59. The highest BCUT2D eigenvalue weighted by molar-refractivity contribution is 6.45. The van der Waals surface area contributed by atoms with Crippen molar-refractivity contribution in [1.29, 1.82) is 0 Å². The summed E-state index contributed by atoms with van der Waals surface area (Å²) in [6.45, 7) is 5.34. The smallest absolute Gasteiger partial charge is 0.376 e. The standard InChI is InChI=1S/C12H17BCl2N2O/c1-13(18)17-7-3-6-16(8-9-17)11-5-2-4-10(14)12(11)15/h2,4-5,18H,3,6-9H2,1H3. The average molecular weight is 287 g/mol. The topological polar surface area (TPSA) is 26.7 Å². The van der Waals surface area contributed by atoms with Crippen molar-refractivity contribution >= 4 is 35.9 Å². The molecule has 0 saturated carbocycles. The predicted octanol–water partition coefficient (Wildman–Crippen LogP) is 2.62. The van der Waals surface area contributed by atoms with Crippen LogP contribution in [0.5, 0.6) is 0 Å². The van der Waals surface area contributed by atoms with E-state index in [9.17, 15) is 5.02 Å². The van der Waals surface area contributed by atoms with Crippen LogP contribution in [0.3, 0.4) is 0 Å². The highest BCUT2D eigenvalue weighted by atomic mass is 35.5. The fourth-order valence-corrected chi connectivity index (χ4v) is 2.70. The maximum absolute atomic E-state index is 9.62. The SMILES string of the molecule is CB(O)N1CCCN(c2cccc(Cl)c2Cl)CC1. The molecule has 0 aliphatic carbocycles. The molecule has 1 heterocycles. The molecule has 1 aliphatic rings. The average Bonchev–Trinajstić information content (AvgIpc) is 2.58. The van der Waals surface area contributed by atoms with Gasteiger partial charge < -0.3 is 14.7 Å². The molecule has 18 heavy (non-hydrogen) atoms. The molecule has 0 radical (unpaired) electrons. The van der Waals surface area contributed by atoms with Crippen molar-refractivity contribution in [3.05, 3.63) is 28.2 Å². The van der Waals surface area contributed by atoms with Crippen LogP contribution in [0.25, 0.3) is 0 Å². The fraction of sp³-hybridized carbons (Fsp3) is 0.500. The van der Waals surface area contributed by atoms with E-state index in [0.717, 1.165) is 38.3 Å². The zero-order valence-corrected chi connectivity index (χ0v) is 12.0. The van der Waals surface area contributed by atoms with E-state index in [1.54, 1.807) is 6.07 Å². The maximum atomic E-state index is 9.62. The number of nitrogens with zero attached hydrogens (tertiary/aromatic N) is 2. The normalized spacial score (nSPS) is 17.7. The van der Waals surface area contributed by atoms with Crippen LogP contribution < -0.4 is 4.90 Å². The number of benzene rings is 1. The van der Waals surface area contributed by atoms with E-state index in [-0.39, 0.29) is 7.05 Å². The molecule has 98 valence electrons. The van der Waals surface area contributed by atoms with Gasteiger partial charge in [-0.15, -0.1) is 0 Å². The molecule has 0 bridgehead atoms. The predicted molar refractivity (Wildman–Crippen MR) is 78.7 cm³/mol. The molecule has 1 N–H and O–H groups in total. The molecule has 0 atom stereocenters. The zero-order chi connectivity index (χ0) is 13.1. The van der Waals surface area contributed by atoms with Crippen LogP contribution in [0.15, 0.2) is 18.2 Å². The quantitative estimate of drug-likeness (QED) is 0.847. The van der Waals surface area contributed by atoms with Crippen molar-refractivity contribution in [3.63, 3.8) is 0 Å². The van der Waals surface area contributed by atoms with Gasteiger partial charge in [-0.05, 0) is 31.9 Å². The monoisotopic (exact) mass is 286 g/mol. The molecular weight excluding hydrogens is 270 g/mol. The van der Waals surface area contributed by atoms with Crippen molar-refractivity contribution in [2.75, 3.05) is 31.1 Å². The van der Waals surface area contributed by atoms with Gasteiger partial charge in [0.2, 0.25) is 0 Å². The van der Waals surface area contributed by atoms with E-state index in [4.69, 9.17) is 23.2 Å². The van der Waals surface area contributed by atoms with Gasteiger partial charge in [0, 0.05) is 19.6 Å². The molecule has 2 rings (SSSR count). The van der Waals surface area contributed by atoms with Crippen LogP contribution in [0.4, 0.5) is 5.69 Å². The Labute approximate surface area is 118 Å². The minimum Gasteiger partial charge on any atom is -0.437 e. The third-order valence-electron chi connectivity index (χ3n) is 3.33. The van der Waals surface area contributed by atoms with Crippen molar-refractivity contribution in [1.82, 2.24) is 4.81 Å². The largest absolute Gasteiger partial charge is 0.437 e. The first-order valence-corrected chi connectivity index (χ1v) is 6.96. The van der Waals surface area contributed by atoms with Crippen LogP contribution >= 0.6 is 23.2 Å². The fourth-order valence-electron chi connectivity index (χ4n) is 2.29. The molecule has 1 fully saturated rings. The summed E-state index contributed by atoms with van der Waals surface area (Å²) in [6.07, 6.45) is 1.01. The Morgan fingerprint density at radius 1 is 1.17 bits per heavy atom. The van der Waals surface area contributed by atoms with E-state index < -0.39 is 0 Å². The van der Waals surface area contributed by atoms with Crippen LogP contribution in [-0.4, -0.2) is 43.1 Å². The van der Waals surface area contributed by atoms with E-state index >= 15 is 0 Å². The lowest BCUT2D eigenvalue weighted by molar-refractivity contribution is 0.384. The molecule has 1 aromatic rings. The van der Waals surface area contributed by atoms with E-state index in [1.807, 2.05) is 19.0 Å². The third-order valence-corrected chi connectivity index (χ3v) is 4.14. The van der Waals surface area contributed by atoms with Gasteiger partial charge in [-0.1, -0.05) is 29.3 Å². The molecule has 0 spiro atoms. The number of halogens is 2. The number of hydrogen-bond acceptors (Lipinski definition) is 3. The number of hydrogen-bond donors (Lipinski definition) is 1. The summed E-state index contributed by atoms with van der Waals surface area (Å²) in [5, 5.41) is 10.8. The summed E-state index contributed by atoms with van der Waals surface area (Å²) < 4.78 is 0. The summed E-state index contributed by atoms with van der Waals surface area (Å²) in [7, 11) is -0.389. The second-order valence-electron chi connectivity index (χ2n) is 4.58. The van der Waals surface area contributed by atoms with Crippen LogP contribution in [0.1, 0.15) is 6.42 Å². The Morgan fingerprint density at radius 2 is 1.94 bits per heavy atom. The summed E-state index contributed by atoms with van der Waals surface area (Å²) in [6, 6.07) is 5.71. The molecule has 6 heteroatoms. The summed E-state index contributed by atoms with van der Waals surface area (Å²) in [5.41, 5.74) is 0.983. The highest BCUT2D eigenvalue weighted by Crippen LogP contribution is 2.32. The Bertz CT molecular complexity index is 417. The zero-order valence-electron chi connectivity index (χ0n) is 10.4.